The number of hydrogen-bond donors (Lipinski definition) is 1. The van der Waals surface area contributed by atoms with E-state index in [4.69, 9.17) is 25.8 Å². The van der Waals surface area contributed by atoms with Crippen molar-refractivity contribution in [3.63, 3.8) is 0 Å². The SMILES string of the molecule is O=C(Cc1ccc2c(c1)OCCO2)N/N=C\c1cccc(OCc2ccccc2Cl)c1. The maximum Gasteiger partial charge on any atom is 0.244 e. The van der Waals surface area contributed by atoms with Gasteiger partial charge in [-0.05, 0) is 41.5 Å². The molecule has 1 N–H and O–H groups in total. The van der Waals surface area contributed by atoms with Gasteiger partial charge in [0.2, 0.25) is 5.91 Å². The van der Waals surface area contributed by atoms with Crippen LogP contribution in [0, 0.1) is 0 Å². The molecule has 0 bridgehead atoms. The molecule has 0 spiro atoms. The summed E-state index contributed by atoms with van der Waals surface area (Å²) >= 11 is 6.16. The summed E-state index contributed by atoms with van der Waals surface area (Å²) in [5, 5.41) is 4.71. The van der Waals surface area contributed by atoms with Crippen molar-refractivity contribution < 1.29 is 19.0 Å². The van der Waals surface area contributed by atoms with Gasteiger partial charge in [0.05, 0.1) is 12.6 Å². The number of benzene rings is 3. The Morgan fingerprint density at radius 1 is 1.03 bits per heavy atom. The fourth-order valence-electron chi connectivity index (χ4n) is 3.06. The molecule has 0 saturated heterocycles. The van der Waals surface area contributed by atoms with Gasteiger partial charge in [0.15, 0.2) is 11.5 Å². The minimum Gasteiger partial charge on any atom is -0.489 e. The van der Waals surface area contributed by atoms with E-state index in [9.17, 15) is 4.79 Å². The standard InChI is InChI=1S/C24H21ClN2O4/c25-21-7-2-1-5-19(21)16-31-20-6-3-4-18(12-20)15-26-27-24(28)14-17-8-9-22-23(13-17)30-11-10-29-22/h1-9,12-13,15H,10-11,14,16H2,(H,27,28)/b26-15-. The highest BCUT2D eigenvalue weighted by atomic mass is 35.5. The molecule has 0 fully saturated rings. The first-order valence-corrected chi connectivity index (χ1v) is 10.2. The zero-order chi connectivity index (χ0) is 21.5. The minimum absolute atomic E-state index is 0.189. The average Bonchev–Trinajstić information content (AvgIpc) is 2.79. The normalized spacial score (nSPS) is 12.5. The van der Waals surface area contributed by atoms with E-state index in [1.54, 1.807) is 6.21 Å². The number of hydrazone groups is 1. The highest BCUT2D eigenvalue weighted by molar-refractivity contribution is 6.31. The van der Waals surface area contributed by atoms with Gasteiger partial charge in [0.25, 0.3) is 0 Å². The van der Waals surface area contributed by atoms with E-state index in [0.717, 1.165) is 16.7 Å². The molecule has 3 aromatic carbocycles. The molecule has 0 radical (unpaired) electrons. The van der Waals surface area contributed by atoms with Gasteiger partial charge in [-0.1, -0.05) is 48.0 Å². The van der Waals surface area contributed by atoms with Crippen LogP contribution in [0.4, 0.5) is 0 Å². The molecule has 1 aliphatic rings. The van der Waals surface area contributed by atoms with Crippen LogP contribution in [0.5, 0.6) is 17.2 Å². The van der Waals surface area contributed by atoms with Crippen LogP contribution >= 0.6 is 11.6 Å². The molecular formula is C24H21ClN2O4. The van der Waals surface area contributed by atoms with Gasteiger partial charge in [-0.2, -0.15) is 5.10 Å². The Kier molecular flexibility index (Phi) is 6.69. The van der Waals surface area contributed by atoms with Gasteiger partial charge in [-0.25, -0.2) is 5.43 Å². The minimum atomic E-state index is -0.223. The monoisotopic (exact) mass is 436 g/mol. The van der Waals surface area contributed by atoms with Gasteiger partial charge in [-0.15, -0.1) is 0 Å². The number of amides is 1. The van der Waals surface area contributed by atoms with E-state index in [1.807, 2.05) is 66.7 Å². The third-order valence-electron chi connectivity index (χ3n) is 4.58. The van der Waals surface area contributed by atoms with E-state index in [0.29, 0.717) is 42.1 Å². The molecule has 0 atom stereocenters. The van der Waals surface area contributed by atoms with Crippen molar-refractivity contribution in [2.24, 2.45) is 5.10 Å². The van der Waals surface area contributed by atoms with Crippen molar-refractivity contribution in [3.05, 3.63) is 88.4 Å². The highest BCUT2D eigenvalue weighted by Crippen LogP contribution is 2.30. The van der Waals surface area contributed by atoms with Crippen molar-refractivity contribution in [3.8, 4) is 17.2 Å². The maximum atomic E-state index is 12.2. The second kappa shape index (κ2) is 10.00. The average molecular weight is 437 g/mol. The number of carbonyl (C=O) groups is 1. The summed E-state index contributed by atoms with van der Waals surface area (Å²) in [6, 6.07) is 20.5. The summed E-state index contributed by atoms with van der Waals surface area (Å²) in [6.07, 6.45) is 1.76. The van der Waals surface area contributed by atoms with E-state index < -0.39 is 0 Å². The Morgan fingerprint density at radius 2 is 1.87 bits per heavy atom. The quantitative estimate of drug-likeness (QED) is 0.440. The summed E-state index contributed by atoms with van der Waals surface area (Å²) in [4.78, 5) is 12.2. The van der Waals surface area contributed by atoms with Gasteiger partial charge in [-0.3, -0.25) is 4.79 Å². The third-order valence-corrected chi connectivity index (χ3v) is 4.95. The number of ether oxygens (including phenoxy) is 3. The lowest BCUT2D eigenvalue weighted by Gasteiger charge is -2.18. The zero-order valence-corrected chi connectivity index (χ0v) is 17.5. The second-order valence-corrected chi connectivity index (χ2v) is 7.31. The van der Waals surface area contributed by atoms with Crippen molar-refractivity contribution in [2.45, 2.75) is 13.0 Å². The maximum absolute atomic E-state index is 12.2. The number of carbonyl (C=O) groups excluding carboxylic acids is 1. The molecule has 1 heterocycles. The summed E-state index contributed by atoms with van der Waals surface area (Å²) in [6.45, 7) is 1.41. The predicted octanol–water partition coefficient (Wildman–Crippen LogP) is 4.38. The Bertz CT molecular complexity index is 1100. The Morgan fingerprint density at radius 3 is 2.74 bits per heavy atom. The molecule has 4 rings (SSSR count). The molecule has 0 saturated carbocycles. The molecule has 1 aliphatic heterocycles. The van der Waals surface area contributed by atoms with Crippen LogP contribution in [0.1, 0.15) is 16.7 Å². The van der Waals surface area contributed by atoms with Crippen LogP contribution < -0.4 is 19.6 Å². The number of nitrogens with zero attached hydrogens (tertiary/aromatic N) is 1. The first-order valence-electron chi connectivity index (χ1n) is 9.84. The summed E-state index contributed by atoms with van der Waals surface area (Å²) in [5.41, 5.74) is 5.08. The van der Waals surface area contributed by atoms with Crippen molar-refractivity contribution in [1.29, 1.82) is 0 Å². The zero-order valence-electron chi connectivity index (χ0n) is 16.7. The number of hydrogen-bond acceptors (Lipinski definition) is 5. The fourth-order valence-corrected chi connectivity index (χ4v) is 3.25. The lowest BCUT2D eigenvalue weighted by atomic mass is 10.1. The number of fused-ring (bicyclic) bond motifs is 1. The van der Waals surface area contributed by atoms with Gasteiger partial charge in [0.1, 0.15) is 25.6 Å². The molecule has 0 unspecified atom stereocenters. The first-order chi connectivity index (χ1) is 15.2. The van der Waals surface area contributed by atoms with E-state index in [1.165, 1.54) is 0 Å². The van der Waals surface area contributed by atoms with Crippen LogP contribution in [0.3, 0.4) is 0 Å². The molecular weight excluding hydrogens is 416 g/mol. The molecule has 0 aliphatic carbocycles. The fraction of sp³-hybridized carbons (Fsp3) is 0.167. The number of rotatable bonds is 7. The molecule has 31 heavy (non-hydrogen) atoms. The van der Waals surface area contributed by atoms with Crippen molar-refractivity contribution in [2.75, 3.05) is 13.2 Å². The van der Waals surface area contributed by atoms with Crippen LogP contribution in [-0.2, 0) is 17.8 Å². The molecule has 158 valence electrons. The van der Waals surface area contributed by atoms with Crippen LogP contribution in [0.2, 0.25) is 5.02 Å². The van der Waals surface area contributed by atoms with Crippen LogP contribution in [0.15, 0.2) is 71.8 Å². The van der Waals surface area contributed by atoms with Crippen molar-refractivity contribution >= 4 is 23.7 Å². The third kappa shape index (κ3) is 5.77. The lowest BCUT2D eigenvalue weighted by molar-refractivity contribution is -0.120. The Balaban J connectivity index is 1.30. The van der Waals surface area contributed by atoms with Gasteiger partial charge >= 0.3 is 0 Å². The molecule has 0 aromatic heterocycles. The van der Waals surface area contributed by atoms with Crippen LogP contribution in [0.25, 0.3) is 0 Å². The number of nitrogens with one attached hydrogen (secondary N) is 1. The summed E-state index contributed by atoms with van der Waals surface area (Å²) in [7, 11) is 0. The molecule has 6 nitrogen and oxygen atoms in total. The largest absolute Gasteiger partial charge is 0.489 e. The smallest absolute Gasteiger partial charge is 0.244 e. The molecule has 3 aromatic rings. The summed E-state index contributed by atoms with van der Waals surface area (Å²) < 4.78 is 16.8. The summed E-state index contributed by atoms with van der Waals surface area (Å²) in [5.74, 6) is 1.82. The van der Waals surface area contributed by atoms with E-state index >= 15 is 0 Å². The lowest BCUT2D eigenvalue weighted by Crippen LogP contribution is -2.20. The Hall–Kier alpha value is -3.51. The van der Waals surface area contributed by atoms with Gasteiger partial charge < -0.3 is 14.2 Å². The second-order valence-electron chi connectivity index (χ2n) is 6.90. The van der Waals surface area contributed by atoms with E-state index in [2.05, 4.69) is 10.5 Å². The first kappa shape index (κ1) is 20.8. The topological polar surface area (TPSA) is 69.2 Å². The van der Waals surface area contributed by atoms with E-state index in [-0.39, 0.29) is 12.3 Å². The number of halogens is 1. The Labute approximate surface area is 185 Å². The molecule has 7 heteroatoms. The highest BCUT2D eigenvalue weighted by Gasteiger charge is 2.13. The van der Waals surface area contributed by atoms with Crippen molar-refractivity contribution in [1.82, 2.24) is 5.43 Å². The van der Waals surface area contributed by atoms with Crippen LogP contribution in [-0.4, -0.2) is 25.3 Å². The predicted molar refractivity (Wildman–Crippen MR) is 119 cm³/mol. The molecule has 1 amide bonds. The van der Waals surface area contributed by atoms with Gasteiger partial charge in [0, 0.05) is 10.6 Å².